The molecule has 0 saturated carbocycles. The van der Waals surface area contributed by atoms with Crippen LogP contribution < -0.4 is 0 Å². The van der Waals surface area contributed by atoms with Crippen LogP contribution in [0.15, 0.2) is 0 Å². The van der Waals surface area contributed by atoms with Crippen LogP contribution in [0.25, 0.3) is 0 Å². The Morgan fingerprint density at radius 1 is 0.947 bits per heavy atom. The van der Waals surface area contributed by atoms with E-state index in [-0.39, 0.29) is 13.2 Å². The number of hydrogen-bond donors (Lipinski definition) is 0. The van der Waals surface area contributed by atoms with Gasteiger partial charge in [-0.2, -0.15) is 0 Å². The number of carbonyl (C=O) groups is 1. The molecule has 0 heterocycles. The van der Waals surface area contributed by atoms with Crippen molar-refractivity contribution in [2.75, 3.05) is 13.2 Å². The molecule has 0 N–H and O–H groups in total. The maximum atomic E-state index is 12.5. The van der Waals surface area contributed by atoms with Crippen LogP contribution in [0.5, 0.6) is 0 Å². The smallest absolute Gasteiger partial charge is 0.463 e. The lowest BCUT2D eigenvalue weighted by Crippen LogP contribution is -2.25. The highest BCUT2D eigenvalue weighted by atomic mass is 31.2. The number of esters is 1. The third kappa shape index (κ3) is 11.1. The standard InChI is InChI=1S/C12H25O6P/c1-10(13)15-8-9-16-19(14,17-11(2,3)4)18-12(5,6)7/h8-9H2,1-7H3. The number of ether oxygens (including phenoxy) is 1. The van der Waals surface area contributed by atoms with Gasteiger partial charge >= 0.3 is 13.8 Å². The Bertz CT molecular complexity index is 319. The number of hydrogen-bond acceptors (Lipinski definition) is 6. The van der Waals surface area contributed by atoms with Crippen molar-refractivity contribution in [3.8, 4) is 0 Å². The van der Waals surface area contributed by atoms with E-state index in [4.69, 9.17) is 18.3 Å². The van der Waals surface area contributed by atoms with E-state index in [1.165, 1.54) is 6.92 Å². The number of phosphoric ester groups is 1. The average molecular weight is 296 g/mol. The zero-order chi connectivity index (χ0) is 15.3. The van der Waals surface area contributed by atoms with Gasteiger partial charge in [-0.25, -0.2) is 4.57 Å². The molecule has 0 aromatic rings. The molecule has 0 aliphatic heterocycles. The molecule has 0 aromatic heterocycles. The molecule has 0 aliphatic rings. The molecule has 0 rings (SSSR count). The number of rotatable bonds is 6. The topological polar surface area (TPSA) is 71.1 Å². The molecule has 0 saturated heterocycles. The van der Waals surface area contributed by atoms with Crippen molar-refractivity contribution in [3.63, 3.8) is 0 Å². The largest absolute Gasteiger partial charge is 0.475 e. The van der Waals surface area contributed by atoms with Crippen LogP contribution in [0.3, 0.4) is 0 Å². The van der Waals surface area contributed by atoms with Gasteiger partial charge in [0, 0.05) is 6.92 Å². The third-order valence-electron chi connectivity index (χ3n) is 1.41. The van der Waals surface area contributed by atoms with E-state index in [2.05, 4.69) is 0 Å². The Morgan fingerprint density at radius 2 is 1.37 bits per heavy atom. The van der Waals surface area contributed by atoms with Crippen LogP contribution in [0.1, 0.15) is 48.5 Å². The predicted octanol–water partition coefficient (Wildman–Crippen LogP) is 3.30. The molecule has 6 nitrogen and oxygen atoms in total. The third-order valence-corrected chi connectivity index (χ3v) is 3.45. The van der Waals surface area contributed by atoms with Crippen LogP contribution in [-0.2, 0) is 27.7 Å². The van der Waals surface area contributed by atoms with Gasteiger partial charge in [0.25, 0.3) is 0 Å². The fourth-order valence-electron chi connectivity index (χ4n) is 1.08. The zero-order valence-corrected chi connectivity index (χ0v) is 13.7. The van der Waals surface area contributed by atoms with Gasteiger partial charge in [0.05, 0.1) is 17.8 Å². The fourth-order valence-corrected chi connectivity index (χ4v) is 2.86. The molecule has 7 heteroatoms. The molecule has 0 atom stereocenters. The van der Waals surface area contributed by atoms with E-state index in [1.54, 1.807) is 41.5 Å². The van der Waals surface area contributed by atoms with Gasteiger partial charge in [-0.3, -0.25) is 18.4 Å². The summed E-state index contributed by atoms with van der Waals surface area (Å²) in [7, 11) is -3.71. The molecular weight excluding hydrogens is 271 g/mol. The van der Waals surface area contributed by atoms with Gasteiger partial charge in [0.1, 0.15) is 6.61 Å². The van der Waals surface area contributed by atoms with E-state index in [1.807, 2.05) is 0 Å². The van der Waals surface area contributed by atoms with Crippen LogP contribution in [0.4, 0.5) is 0 Å². The highest BCUT2D eigenvalue weighted by molar-refractivity contribution is 7.48. The second kappa shape index (κ2) is 6.84. The van der Waals surface area contributed by atoms with Gasteiger partial charge in [-0.15, -0.1) is 0 Å². The Hall–Kier alpha value is -0.420. The zero-order valence-electron chi connectivity index (χ0n) is 12.8. The summed E-state index contributed by atoms with van der Waals surface area (Å²) in [4.78, 5) is 10.6. The predicted molar refractivity (Wildman–Crippen MR) is 71.9 cm³/mol. The van der Waals surface area contributed by atoms with Crippen molar-refractivity contribution in [2.24, 2.45) is 0 Å². The van der Waals surface area contributed by atoms with Crippen molar-refractivity contribution < 1.29 is 27.7 Å². The van der Waals surface area contributed by atoms with Crippen molar-refractivity contribution in [1.82, 2.24) is 0 Å². The quantitative estimate of drug-likeness (QED) is 0.425. The second-order valence-corrected chi connectivity index (χ2v) is 7.55. The molecule has 0 unspecified atom stereocenters. The molecule has 0 fully saturated rings. The fraction of sp³-hybridized carbons (Fsp3) is 0.917. The van der Waals surface area contributed by atoms with Crippen molar-refractivity contribution >= 4 is 13.8 Å². The molecule has 114 valence electrons. The lowest BCUT2D eigenvalue weighted by atomic mass is 10.2. The van der Waals surface area contributed by atoms with Gasteiger partial charge in [0.15, 0.2) is 0 Å². The molecular formula is C12H25O6P. The van der Waals surface area contributed by atoms with E-state index >= 15 is 0 Å². The van der Waals surface area contributed by atoms with Gasteiger partial charge in [-0.1, -0.05) is 0 Å². The van der Waals surface area contributed by atoms with E-state index in [0.717, 1.165) is 0 Å². The number of phosphoric acid groups is 1. The van der Waals surface area contributed by atoms with E-state index < -0.39 is 25.0 Å². The first-order chi connectivity index (χ1) is 8.33. The van der Waals surface area contributed by atoms with Crippen LogP contribution in [-0.4, -0.2) is 30.4 Å². The maximum absolute atomic E-state index is 12.5. The van der Waals surface area contributed by atoms with Crippen LogP contribution in [0.2, 0.25) is 0 Å². The molecule has 0 amide bonds. The lowest BCUT2D eigenvalue weighted by Gasteiger charge is -2.30. The minimum atomic E-state index is -3.71. The first-order valence-electron chi connectivity index (χ1n) is 6.12. The minimum absolute atomic E-state index is 0.000326. The van der Waals surface area contributed by atoms with Gasteiger partial charge in [0.2, 0.25) is 0 Å². The van der Waals surface area contributed by atoms with Crippen molar-refractivity contribution in [2.45, 2.75) is 59.7 Å². The van der Waals surface area contributed by atoms with Crippen LogP contribution in [0, 0.1) is 0 Å². The SMILES string of the molecule is CC(=O)OCCOP(=O)(OC(C)(C)C)OC(C)(C)C. The minimum Gasteiger partial charge on any atom is -0.463 e. The monoisotopic (exact) mass is 296 g/mol. The Balaban J connectivity index is 4.59. The first-order valence-corrected chi connectivity index (χ1v) is 7.58. The van der Waals surface area contributed by atoms with Crippen molar-refractivity contribution in [1.29, 1.82) is 0 Å². The summed E-state index contributed by atoms with van der Waals surface area (Å²) >= 11 is 0. The second-order valence-electron chi connectivity index (χ2n) is 6.03. The normalized spacial score (nSPS) is 13.4. The Kier molecular flexibility index (Phi) is 6.69. The Labute approximate surface area is 115 Å². The molecule has 0 bridgehead atoms. The highest BCUT2D eigenvalue weighted by Gasteiger charge is 2.37. The number of carbonyl (C=O) groups excluding carboxylic acids is 1. The van der Waals surface area contributed by atoms with Gasteiger partial charge in [-0.05, 0) is 41.5 Å². The lowest BCUT2D eigenvalue weighted by molar-refractivity contribution is -0.142. The van der Waals surface area contributed by atoms with E-state index in [0.29, 0.717) is 0 Å². The van der Waals surface area contributed by atoms with Gasteiger partial charge < -0.3 is 4.74 Å². The summed E-state index contributed by atoms with van der Waals surface area (Å²) in [6.45, 7) is 11.7. The van der Waals surface area contributed by atoms with Crippen LogP contribution >= 0.6 is 7.82 Å². The van der Waals surface area contributed by atoms with E-state index in [9.17, 15) is 9.36 Å². The van der Waals surface area contributed by atoms with Crippen molar-refractivity contribution in [3.05, 3.63) is 0 Å². The molecule has 0 spiro atoms. The average Bonchev–Trinajstić information content (AvgIpc) is 2.05. The summed E-state index contributed by atoms with van der Waals surface area (Å²) in [5.74, 6) is -0.424. The summed E-state index contributed by atoms with van der Waals surface area (Å²) in [6.07, 6.45) is 0. The maximum Gasteiger partial charge on any atom is 0.475 e. The highest BCUT2D eigenvalue weighted by Crippen LogP contribution is 2.55. The summed E-state index contributed by atoms with van der Waals surface area (Å²) in [6, 6.07) is 0. The summed E-state index contributed by atoms with van der Waals surface area (Å²) in [5.41, 5.74) is -1.36. The molecule has 19 heavy (non-hydrogen) atoms. The summed E-state index contributed by atoms with van der Waals surface area (Å²) < 4.78 is 33.1. The Morgan fingerprint density at radius 3 is 1.68 bits per heavy atom. The summed E-state index contributed by atoms with van der Waals surface area (Å²) in [5, 5.41) is 0. The molecule has 0 aromatic carbocycles. The first kappa shape index (κ1) is 18.6. The molecule has 0 radical (unpaired) electrons. The molecule has 0 aliphatic carbocycles.